The summed E-state index contributed by atoms with van der Waals surface area (Å²) in [6, 6.07) is 7.73. The molecule has 1 aliphatic rings. The van der Waals surface area contributed by atoms with Gasteiger partial charge < -0.3 is 15.5 Å². The third kappa shape index (κ3) is 4.38. The van der Waals surface area contributed by atoms with Crippen molar-refractivity contribution in [2.75, 3.05) is 18.0 Å². The molecular formula is C16H21ClN6O. The Kier molecular flexibility index (Phi) is 5.20. The van der Waals surface area contributed by atoms with Crippen molar-refractivity contribution in [1.29, 1.82) is 0 Å². The topological polar surface area (TPSA) is 75.1 Å². The lowest BCUT2D eigenvalue weighted by molar-refractivity contribution is 0.233. The van der Waals surface area contributed by atoms with Crippen LogP contribution in [0.1, 0.15) is 13.3 Å². The number of carbonyl (C=O) groups excluding carboxylic acids is 1. The Bertz CT molecular complexity index is 677. The van der Waals surface area contributed by atoms with Crippen molar-refractivity contribution < 1.29 is 4.79 Å². The van der Waals surface area contributed by atoms with E-state index in [0.717, 1.165) is 30.2 Å². The molecule has 0 spiro atoms. The van der Waals surface area contributed by atoms with E-state index < -0.39 is 0 Å². The molecule has 2 N–H and O–H groups in total. The number of halogens is 1. The smallest absolute Gasteiger partial charge is 0.315 e. The van der Waals surface area contributed by atoms with Crippen LogP contribution >= 0.6 is 11.6 Å². The molecule has 2 atom stereocenters. The molecule has 0 aliphatic carbocycles. The molecule has 0 saturated carbocycles. The van der Waals surface area contributed by atoms with E-state index in [2.05, 4.69) is 25.6 Å². The fourth-order valence-electron chi connectivity index (χ4n) is 2.89. The average Bonchev–Trinajstić information content (AvgIpc) is 3.19. The maximum absolute atomic E-state index is 12.1. The largest absolute Gasteiger partial charge is 0.369 e. The molecular weight excluding hydrogens is 328 g/mol. The third-order valence-electron chi connectivity index (χ3n) is 4.00. The van der Waals surface area contributed by atoms with Crippen LogP contribution in [0.5, 0.6) is 0 Å². The molecule has 128 valence electrons. The number of nitrogens with one attached hydrogen (secondary N) is 2. The molecule has 1 aliphatic heterocycles. The molecule has 1 fully saturated rings. The molecule has 1 aromatic carbocycles. The van der Waals surface area contributed by atoms with Gasteiger partial charge in [0.25, 0.3) is 0 Å². The second kappa shape index (κ2) is 7.53. The zero-order valence-corrected chi connectivity index (χ0v) is 14.3. The van der Waals surface area contributed by atoms with Crippen LogP contribution in [0.2, 0.25) is 5.02 Å². The number of hydrogen-bond acceptors (Lipinski definition) is 4. The van der Waals surface area contributed by atoms with Crippen LogP contribution in [-0.4, -0.2) is 46.0 Å². The number of nitrogens with zero attached hydrogens (tertiary/aromatic N) is 4. The maximum atomic E-state index is 12.1. The van der Waals surface area contributed by atoms with Gasteiger partial charge in [0.2, 0.25) is 0 Å². The average molecular weight is 349 g/mol. The van der Waals surface area contributed by atoms with Crippen molar-refractivity contribution in [3.63, 3.8) is 0 Å². The number of urea groups is 1. The Morgan fingerprint density at radius 3 is 3.12 bits per heavy atom. The molecule has 2 unspecified atom stereocenters. The molecule has 0 bridgehead atoms. The van der Waals surface area contributed by atoms with E-state index in [4.69, 9.17) is 11.6 Å². The summed E-state index contributed by atoms with van der Waals surface area (Å²) in [6.07, 6.45) is 4.03. The van der Waals surface area contributed by atoms with Crippen molar-refractivity contribution in [2.24, 2.45) is 0 Å². The van der Waals surface area contributed by atoms with Gasteiger partial charge in [-0.05, 0) is 31.5 Å². The van der Waals surface area contributed by atoms with E-state index in [0.29, 0.717) is 6.54 Å². The second-order valence-electron chi connectivity index (χ2n) is 6.05. The first-order chi connectivity index (χ1) is 11.6. The SMILES string of the molecule is CC(Cn1cncn1)NC(=O)NC1CCN(c2cccc(Cl)c2)C1. The van der Waals surface area contributed by atoms with Gasteiger partial charge in [0.1, 0.15) is 12.7 Å². The van der Waals surface area contributed by atoms with Gasteiger partial charge in [-0.3, -0.25) is 4.68 Å². The summed E-state index contributed by atoms with van der Waals surface area (Å²) in [5, 5.41) is 10.7. The first kappa shape index (κ1) is 16.6. The zero-order chi connectivity index (χ0) is 16.9. The molecule has 7 nitrogen and oxygen atoms in total. The normalized spacial score (nSPS) is 18.4. The molecule has 2 amide bonds. The molecule has 8 heteroatoms. The maximum Gasteiger partial charge on any atom is 0.315 e. The summed E-state index contributed by atoms with van der Waals surface area (Å²) in [5.41, 5.74) is 1.09. The minimum Gasteiger partial charge on any atom is -0.369 e. The van der Waals surface area contributed by atoms with Crippen LogP contribution < -0.4 is 15.5 Å². The molecule has 3 rings (SSSR count). The Labute approximate surface area is 146 Å². The number of rotatable bonds is 5. The van der Waals surface area contributed by atoms with Crippen LogP contribution in [0.3, 0.4) is 0 Å². The minimum absolute atomic E-state index is 0.0304. The van der Waals surface area contributed by atoms with Crippen LogP contribution in [0.4, 0.5) is 10.5 Å². The number of hydrogen-bond donors (Lipinski definition) is 2. The Morgan fingerprint density at radius 2 is 2.38 bits per heavy atom. The fourth-order valence-corrected chi connectivity index (χ4v) is 3.07. The standard InChI is InChI=1S/C16H21ClN6O/c1-12(8-23-11-18-10-19-23)20-16(24)21-14-5-6-22(9-14)15-4-2-3-13(17)7-15/h2-4,7,10-12,14H,5-6,8-9H2,1H3,(H2,20,21,24). The van der Waals surface area contributed by atoms with Gasteiger partial charge in [0, 0.05) is 35.9 Å². The third-order valence-corrected chi connectivity index (χ3v) is 4.24. The molecule has 0 radical (unpaired) electrons. The quantitative estimate of drug-likeness (QED) is 0.865. The van der Waals surface area contributed by atoms with E-state index in [1.807, 2.05) is 31.2 Å². The molecule has 1 saturated heterocycles. The van der Waals surface area contributed by atoms with Crippen LogP contribution in [0.15, 0.2) is 36.9 Å². The highest BCUT2D eigenvalue weighted by molar-refractivity contribution is 6.30. The number of carbonyl (C=O) groups is 1. The van der Waals surface area contributed by atoms with Gasteiger partial charge in [-0.25, -0.2) is 9.78 Å². The van der Waals surface area contributed by atoms with Crippen molar-refractivity contribution in [2.45, 2.75) is 32.0 Å². The Balaban J connectivity index is 1.45. The van der Waals surface area contributed by atoms with Gasteiger partial charge in [-0.2, -0.15) is 5.10 Å². The minimum atomic E-state index is -0.152. The predicted molar refractivity (Wildman–Crippen MR) is 93.2 cm³/mol. The van der Waals surface area contributed by atoms with Crippen molar-refractivity contribution in [3.8, 4) is 0 Å². The first-order valence-electron chi connectivity index (χ1n) is 8.00. The lowest BCUT2D eigenvalue weighted by Gasteiger charge is -2.20. The predicted octanol–water partition coefficient (Wildman–Crippen LogP) is 1.90. The van der Waals surface area contributed by atoms with Crippen LogP contribution in [0, 0.1) is 0 Å². The number of benzene rings is 1. The van der Waals surface area contributed by atoms with Gasteiger partial charge >= 0.3 is 6.03 Å². The van der Waals surface area contributed by atoms with Gasteiger partial charge in [-0.15, -0.1) is 0 Å². The summed E-state index contributed by atoms with van der Waals surface area (Å²) in [6.45, 7) is 4.21. The van der Waals surface area contributed by atoms with E-state index >= 15 is 0 Å². The Hall–Kier alpha value is -2.28. The van der Waals surface area contributed by atoms with Crippen molar-refractivity contribution in [3.05, 3.63) is 41.9 Å². The molecule has 2 aromatic rings. The van der Waals surface area contributed by atoms with E-state index in [9.17, 15) is 4.79 Å². The lowest BCUT2D eigenvalue weighted by atomic mass is 10.2. The molecule has 1 aromatic heterocycles. The number of anilines is 1. The van der Waals surface area contributed by atoms with Crippen molar-refractivity contribution >= 4 is 23.3 Å². The monoisotopic (exact) mass is 348 g/mol. The summed E-state index contributed by atoms with van der Waals surface area (Å²) in [7, 11) is 0. The van der Waals surface area contributed by atoms with E-state index in [-0.39, 0.29) is 18.1 Å². The fraction of sp³-hybridized carbons (Fsp3) is 0.438. The lowest BCUT2D eigenvalue weighted by Crippen LogP contribution is -2.47. The molecule has 24 heavy (non-hydrogen) atoms. The highest BCUT2D eigenvalue weighted by Crippen LogP contribution is 2.23. The van der Waals surface area contributed by atoms with E-state index in [1.165, 1.54) is 6.33 Å². The Morgan fingerprint density at radius 1 is 1.50 bits per heavy atom. The molecule has 2 heterocycles. The highest BCUT2D eigenvalue weighted by atomic mass is 35.5. The summed E-state index contributed by atoms with van der Waals surface area (Å²) < 4.78 is 1.70. The number of amides is 2. The summed E-state index contributed by atoms with van der Waals surface area (Å²) >= 11 is 6.04. The number of aromatic nitrogens is 3. The zero-order valence-electron chi connectivity index (χ0n) is 13.5. The first-order valence-corrected chi connectivity index (χ1v) is 8.38. The summed E-state index contributed by atoms with van der Waals surface area (Å²) in [5.74, 6) is 0. The van der Waals surface area contributed by atoms with Gasteiger partial charge in [-0.1, -0.05) is 17.7 Å². The highest BCUT2D eigenvalue weighted by Gasteiger charge is 2.24. The van der Waals surface area contributed by atoms with Gasteiger partial charge in [0.05, 0.1) is 6.54 Å². The van der Waals surface area contributed by atoms with Crippen LogP contribution in [0.25, 0.3) is 0 Å². The van der Waals surface area contributed by atoms with E-state index in [1.54, 1.807) is 11.0 Å². The summed E-state index contributed by atoms with van der Waals surface area (Å²) in [4.78, 5) is 18.2. The van der Waals surface area contributed by atoms with Crippen LogP contribution in [-0.2, 0) is 6.54 Å². The van der Waals surface area contributed by atoms with Gasteiger partial charge in [0.15, 0.2) is 0 Å². The second-order valence-corrected chi connectivity index (χ2v) is 6.48. The van der Waals surface area contributed by atoms with Crippen molar-refractivity contribution in [1.82, 2.24) is 25.4 Å².